The highest BCUT2D eigenvalue weighted by Gasteiger charge is 2.22. The van der Waals surface area contributed by atoms with E-state index in [0.717, 1.165) is 19.4 Å². The molecule has 0 unspecified atom stereocenters. The third kappa shape index (κ3) is 3.24. The Balaban J connectivity index is 2.14. The summed E-state index contributed by atoms with van der Waals surface area (Å²) in [5.74, 6) is -0.334. The standard InChI is InChI=1S/C13H16ClN3O2/c1-15-12(18)8-4-5-9(14)11(7-8)17-13(19)10-3-2-6-16-10/h4-5,7,10,16H,2-3,6H2,1H3,(H,15,18)(H,17,19)/t10-/m1/s1. The maximum Gasteiger partial charge on any atom is 0.251 e. The number of benzene rings is 1. The minimum Gasteiger partial charge on any atom is -0.355 e. The van der Waals surface area contributed by atoms with Gasteiger partial charge in [0.2, 0.25) is 5.91 Å². The summed E-state index contributed by atoms with van der Waals surface area (Å²) in [6.07, 6.45) is 1.81. The van der Waals surface area contributed by atoms with Crippen molar-refractivity contribution in [2.75, 3.05) is 18.9 Å². The van der Waals surface area contributed by atoms with Gasteiger partial charge in [-0.25, -0.2) is 0 Å². The van der Waals surface area contributed by atoms with Crippen LogP contribution in [0.25, 0.3) is 0 Å². The van der Waals surface area contributed by atoms with Gasteiger partial charge in [-0.3, -0.25) is 9.59 Å². The largest absolute Gasteiger partial charge is 0.355 e. The lowest BCUT2D eigenvalue weighted by Crippen LogP contribution is -2.35. The summed E-state index contributed by atoms with van der Waals surface area (Å²) in [6.45, 7) is 0.851. The van der Waals surface area contributed by atoms with Gasteiger partial charge in [-0.15, -0.1) is 0 Å². The van der Waals surface area contributed by atoms with Crippen molar-refractivity contribution < 1.29 is 9.59 Å². The van der Waals surface area contributed by atoms with Gasteiger partial charge in [-0.05, 0) is 37.6 Å². The fourth-order valence-electron chi connectivity index (χ4n) is 2.03. The maximum absolute atomic E-state index is 12.0. The van der Waals surface area contributed by atoms with Crippen LogP contribution in [-0.2, 0) is 4.79 Å². The van der Waals surface area contributed by atoms with Crippen LogP contribution >= 0.6 is 11.6 Å². The zero-order valence-corrected chi connectivity index (χ0v) is 11.4. The number of hydrogen-bond acceptors (Lipinski definition) is 3. The quantitative estimate of drug-likeness (QED) is 0.784. The molecule has 2 rings (SSSR count). The molecule has 0 aliphatic carbocycles. The summed E-state index contributed by atoms with van der Waals surface area (Å²) in [5, 5.41) is 8.81. The molecule has 1 heterocycles. The molecule has 2 amide bonds. The molecule has 0 radical (unpaired) electrons. The minimum absolute atomic E-state index is 0.117. The van der Waals surface area contributed by atoms with E-state index in [9.17, 15) is 9.59 Å². The SMILES string of the molecule is CNC(=O)c1ccc(Cl)c(NC(=O)[C@H]2CCCN2)c1. The van der Waals surface area contributed by atoms with Crippen molar-refractivity contribution in [3.8, 4) is 0 Å². The van der Waals surface area contributed by atoms with E-state index in [2.05, 4.69) is 16.0 Å². The van der Waals surface area contributed by atoms with Gasteiger partial charge in [-0.1, -0.05) is 11.6 Å². The molecular formula is C13H16ClN3O2. The van der Waals surface area contributed by atoms with Crippen LogP contribution in [0.4, 0.5) is 5.69 Å². The van der Waals surface area contributed by atoms with Crippen LogP contribution in [0.2, 0.25) is 5.02 Å². The topological polar surface area (TPSA) is 70.2 Å². The predicted octanol–water partition coefficient (Wildman–Crippen LogP) is 1.39. The van der Waals surface area contributed by atoms with E-state index < -0.39 is 0 Å². The number of hydrogen-bond donors (Lipinski definition) is 3. The molecule has 0 bridgehead atoms. The van der Waals surface area contributed by atoms with Crippen LogP contribution in [0, 0.1) is 0 Å². The van der Waals surface area contributed by atoms with Crippen LogP contribution in [0.5, 0.6) is 0 Å². The van der Waals surface area contributed by atoms with Crippen molar-refractivity contribution in [2.45, 2.75) is 18.9 Å². The Morgan fingerprint density at radius 3 is 2.84 bits per heavy atom. The Morgan fingerprint density at radius 2 is 2.21 bits per heavy atom. The summed E-state index contributed by atoms with van der Waals surface area (Å²) < 4.78 is 0. The molecule has 0 spiro atoms. The Bertz CT molecular complexity index is 499. The molecule has 1 saturated heterocycles. The van der Waals surface area contributed by atoms with Gasteiger partial charge in [0.1, 0.15) is 0 Å². The average Bonchev–Trinajstić information content (AvgIpc) is 2.94. The highest BCUT2D eigenvalue weighted by atomic mass is 35.5. The Hall–Kier alpha value is -1.59. The zero-order valence-electron chi connectivity index (χ0n) is 10.6. The van der Waals surface area contributed by atoms with Crippen LogP contribution in [0.1, 0.15) is 23.2 Å². The van der Waals surface area contributed by atoms with Gasteiger partial charge in [-0.2, -0.15) is 0 Å². The zero-order chi connectivity index (χ0) is 13.8. The van der Waals surface area contributed by atoms with Crippen molar-refractivity contribution in [1.29, 1.82) is 0 Å². The van der Waals surface area contributed by atoms with Gasteiger partial charge < -0.3 is 16.0 Å². The molecule has 0 aromatic heterocycles. The number of amides is 2. The normalized spacial score (nSPS) is 18.1. The molecule has 1 aliphatic heterocycles. The smallest absolute Gasteiger partial charge is 0.251 e. The second-order valence-electron chi connectivity index (χ2n) is 4.41. The third-order valence-corrected chi connectivity index (χ3v) is 3.42. The Kier molecular flexibility index (Phi) is 4.39. The minimum atomic E-state index is -0.217. The van der Waals surface area contributed by atoms with Crippen LogP contribution in [-0.4, -0.2) is 31.4 Å². The lowest BCUT2D eigenvalue weighted by molar-refractivity contribution is -0.117. The molecule has 102 valence electrons. The van der Waals surface area contributed by atoms with Gasteiger partial charge in [0.05, 0.1) is 16.8 Å². The Labute approximate surface area is 116 Å². The van der Waals surface area contributed by atoms with Gasteiger partial charge >= 0.3 is 0 Å². The lowest BCUT2D eigenvalue weighted by atomic mass is 10.1. The van der Waals surface area contributed by atoms with Crippen molar-refractivity contribution in [2.24, 2.45) is 0 Å². The number of carbonyl (C=O) groups is 2. The summed E-state index contributed by atoms with van der Waals surface area (Å²) >= 11 is 6.03. The molecule has 19 heavy (non-hydrogen) atoms. The van der Waals surface area contributed by atoms with Crippen molar-refractivity contribution in [3.63, 3.8) is 0 Å². The van der Waals surface area contributed by atoms with Crippen LogP contribution in [0.15, 0.2) is 18.2 Å². The van der Waals surface area contributed by atoms with Crippen molar-refractivity contribution >= 4 is 29.1 Å². The van der Waals surface area contributed by atoms with Gasteiger partial charge in [0.15, 0.2) is 0 Å². The number of nitrogens with one attached hydrogen (secondary N) is 3. The molecule has 3 N–H and O–H groups in total. The number of rotatable bonds is 3. The predicted molar refractivity (Wildman–Crippen MR) is 74.5 cm³/mol. The first-order valence-corrected chi connectivity index (χ1v) is 6.55. The average molecular weight is 282 g/mol. The number of anilines is 1. The molecule has 1 aliphatic rings. The van der Waals surface area contributed by atoms with E-state index in [0.29, 0.717) is 16.3 Å². The molecule has 6 heteroatoms. The fraction of sp³-hybridized carbons (Fsp3) is 0.385. The molecular weight excluding hydrogens is 266 g/mol. The first-order chi connectivity index (χ1) is 9.11. The third-order valence-electron chi connectivity index (χ3n) is 3.09. The molecule has 1 aromatic carbocycles. The second kappa shape index (κ2) is 6.04. The summed E-state index contributed by atoms with van der Waals surface area (Å²) in [7, 11) is 1.55. The lowest BCUT2D eigenvalue weighted by Gasteiger charge is -2.13. The molecule has 1 aromatic rings. The molecule has 0 saturated carbocycles. The van der Waals surface area contributed by atoms with Gasteiger partial charge in [0.25, 0.3) is 5.91 Å². The molecule has 5 nitrogen and oxygen atoms in total. The van der Waals surface area contributed by atoms with Crippen molar-refractivity contribution in [3.05, 3.63) is 28.8 Å². The van der Waals surface area contributed by atoms with Crippen LogP contribution < -0.4 is 16.0 Å². The molecule has 1 atom stereocenters. The maximum atomic E-state index is 12.0. The summed E-state index contributed by atoms with van der Waals surface area (Å²) in [4.78, 5) is 23.5. The highest BCUT2D eigenvalue weighted by Crippen LogP contribution is 2.23. The van der Waals surface area contributed by atoms with E-state index in [1.807, 2.05) is 0 Å². The Morgan fingerprint density at radius 1 is 1.42 bits per heavy atom. The second-order valence-corrected chi connectivity index (χ2v) is 4.82. The number of halogens is 1. The summed E-state index contributed by atoms with van der Waals surface area (Å²) in [5.41, 5.74) is 0.919. The summed E-state index contributed by atoms with van der Waals surface area (Å²) in [6, 6.07) is 4.61. The first-order valence-electron chi connectivity index (χ1n) is 6.17. The molecule has 1 fully saturated rings. The number of carbonyl (C=O) groups excluding carboxylic acids is 2. The van der Waals surface area contributed by atoms with Crippen molar-refractivity contribution in [1.82, 2.24) is 10.6 Å². The fourth-order valence-corrected chi connectivity index (χ4v) is 2.20. The van der Waals surface area contributed by atoms with E-state index in [1.54, 1.807) is 25.2 Å². The van der Waals surface area contributed by atoms with E-state index in [4.69, 9.17) is 11.6 Å². The highest BCUT2D eigenvalue weighted by molar-refractivity contribution is 6.34. The monoisotopic (exact) mass is 281 g/mol. The van der Waals surface area contributed by atoms with E-state index in [-0.39, 0.29) is 17.9 Å². The van der Waals surface area contributed by atoms with Crippen LogP contribution in [0.3, 0.4) is 0 Å². The first kappa shape index (κ1) is 13.8. The van der Waals surface area contributed by atoms with E-state index in [1.165, 1.54) is 0 Å². The van der Waals surface area contributed by atoms with E-state index >= 15 is 0 Å². The van der Waals surface area contributed by atoms with Gasteiger partial charge in [0, 0.05) is 12.6 Å².